The second kappa shape index (κ2) is 7.67. The molecule has 5 nitrogen and oxygen atoms in total. The summed E-state index contributed by atoms with van der Waals surface area (Å²) in [7, 11) is -0.183. The molecule has 2 aromatic rings. The minimum Gasteiger partial charge on any atom is -0.462 e. The predicted molar refractivity (Wildman–Crippen MR) is 107 cm³/mol. The number of nitrogens with one attached hydrogen (secondary N) is 2. The monoisotopic (exact) mass is 407 g/mol. The van der Waals surface area contributed by atoms with Crippen LogP contribution in [0.2, 0.25) is 0 Å². The molecule has 8 heteroatoms. The van der Waals surface area contributed by atoms with Crippen LogP contribution in [0.5, 0.6) is 0 Å². The lowest BCUT2D eigenvalue weighted by molar-refractivity contribution is -0.148. The van der Waals surface area contributed by atoms with E-state index in [0.29, 0.717) is 23.7 Å². The molecule has 0 radical (unpaired) electrons. The van der Waals surface area contributed by atoms with Gasteiger partial charge in [0.15, 0.2) is 11.6 Å². The van der Waals surface area contributed by atoms with Crippen LogP contribution < -0.4 is 5.32 Å². The molecule has 2 heterocycles. The summed E-state index contributed by atoms with van der Waals surface area (Å²) in [6.45, 7) is 1.80. The van der Waals surface area contributed by atoms with Crippen molar-refractivity contribution >= 4 is 38.1 Å². The van der Waals surface area contributed by atoms with Crippen molar-refractivity contribution < 1.29 is 13.9 Å². The van der Waals surface area contributed by atoms with E-state index in [-0.39, 0.29) is 33.3 Å². The molecule has 4 rings (SSSR count). The Balaban J connectivity index is 1.43. The summed E-state index contributed by atoms with van der Waals surface area (Å²) in [5, 5.41) is 10.4. The average molecular weight is 408 g/mol. The van der Waals surface area contributed by atoms with Crippen LogP contribution in [0, 0.1) is 5.82 Å². The number of halogens is 1. The van der Waals surface area contributed by atoms with Gasteiger partial charge in [-0.05, 0) is 30.9 Å². The van der Waals surface area contributed by atoms with Crippen LogP contribution in [0.15, 0.2) is 18.2 Å². The normalized spacial score (nSPS) is 24.0. The molecule has 2 aliphatic rings. The molecular formula is C19H22FN3O2S2. The number of hydrogen-bond donors (Lipinski definition) is 2. The Morgan fingerprint density at radius 3 is 3.11 bits per heavy atom. The number of carbonyl (C=O) groups excluding carboxylic acids is 1. The van der Waals surface area contributed by atoms with Crippen molar-refractivity contribution in [1.29, 1.82) is 0 Å². The maximum absolute atomic E-state index is 14.8. The molecule has 3 atom stereocenters. The Morgan fingerprint density at radius 2 is 2.30 bits per heavy atom. The topological polar surface area (TPSA) is 67.0 Å². The molecule has 0 saturated heterocycles. The second-order valence-corrected chi connectivity index (χ2v) is 9.97. The first-order valence-electron chi connectivity index (χ1n) is 9.20. The molecule has 144 valence electrons. The summed E-state index contributed by atoms with van der Waals surface area (Å²) >= 11 is 5.34. The number of anilines is 2. The summed E-state index contributed by atoms with van der Waals surface area (Å²) < 4.78 is 20.2. The highest BCUT2D eigenvalue weighted by Gasteiger charge is 2.29. The number of aromatic amines is 1. The quantitative estimate of drug-likeness (QED) is 0.734. The van der Waals surface area contributed by atoms with Gasteiger partial charge >= 0.3 is 5.97 Å². The fourth-order valence-corrected chi connectivity index (χ4v) is 5.87. The predicted octanol–water partition coefficient (Wildman–Crippen LogP) is 3.98. The van der Waals surface area contributed by atoms with Crippen LogP contribution in [0.1, 0.15) is 55.3 Å². The Morgan fingerprint density at radius 1 is 1.44 bits per heavy atom. The van der Waals surface area contributed by atoms with Crippen molar-refractivity contribution in [2.75, 3.05) is 5.32 Å². The Hall–Kier alpha value is -1.80. The van der Waals surface area contributed by atoms with E-state index in [1.165, 1.54) is 0 Å². The maximum Gasteiger partial charge on any atom is 0.305 e. The number of rotatable bonds is 5. The van der Waals surface area contributed by atoms with Gasteiger partial charge in [-0.1, -0.05) is 24.2 Å². The minimum atomic E-state index is -0.218. The first-order valence-corrected chi connectivity index (χ1v) is 11.7. The maximum atomic E-state index is 14.8. The first kappa shape index (κ1) is 18.6. The van der Waals surface area contributed by atoms with Gasteiger partial charge in [0.25, 0.3) is 0 Å². The molecule has 1 saturated carbocycles. The van der Waals surface area contributed by atoms with Crippen LogP contribution in [0.25, 0.3) is 0 Å². The van der Waals surface area contributed by atoms with Crippen LogP contribution >= 0.6 is 0 Å². The number of carbonyl (C=O) groups is 1. The lowest BCUT2D eigenvalue weighted by Crippen LogP contribution is -2.14. The van der Waals surface area contributed by atoms with Gasteiger partial charge in [-0.25, -0.2) is 4.39 Å². The average Bonchev–Trinajstić information content (AvgIpc) is 3.37. The third-order valence-electron chi connectivity index (χ3n) is 5.23. The fourth-order valence-electron chi connectivity index (χ4n) is 3.78. The van der Waals surface area contributed by atoms with Crippen LogP contribution in [-0.2, 0) is 41.7 Å². The summed E-state index contributed by atoms with van der Waals surface area (Å²) in [5.41, 5.74) is 3.19. The molecule has 0 amide bonds. The van der Waals surface area contributed by atoms with Crippen LogP contribution in [0.3, 0.4) is 0 Å². The molecule has 3 unspecified atom stereocenters. The van der Waals surface area contributed by atoms with E-state index in [4.69, 9.17) is 15.9 Å². The van der Waals surface area contributed by atoms with E-state index >= 15 is 0 Å². The lowest BCUT2D eigenvalue weighted by Gasteiger charge is -2.11. The van der Waals surface area contributed by atoms with E-state index in [1.807, 2.05) is 12.1 Å². The number of ether oxygens (including phenoxy) is 1. The number of benzene rings is 1. The van der Waals surface area contributed by atoms with E-state index in [9.17, 15) is 9.18 Å². The van der Waals surface area contributed by atoms with E-state index in [1.54, 1.807) is 13.0 Å². The van der Waals surface area contributed by atoms with Gasteiger partial charge in [0.2, 0.25) is 0 Å². The molecule has 1 aromatic heterocycles. The Kier molecular flexibility index (Phi) is 5.27. The van der Waals surface area contributed by atoms with E-state index in [0.717, 1.165) is 41.8 Å². The zero-order valence-electron chi connectivity index (χ0n) is 15.1. The largest absolute Gasteiger partial charge is 0.462 e. The third-order valence-corrected chi connectivity index (χ3v) is 7.18. The number of H-pyrrole nitrogens is 1. The van der Waals surface area contributed by atoms with Gasteiger partial charge in [-0.3, -0.25) is 9.89 Å². The highest BCUT2D eigenvalue weighted by molar-refractivity contribution is 8.28. The number of nitrogens with zero attached hydrogens (tertiary/aromatic N) is 1. The summed E-state index contributed by atoms with van der Waals surface area (Å²) in [4.78, 5) is 11.5. The summed E-state index contributed by atoms with van der Waals surface area (Å²) in [6.07, 6.45) is 2.97. The van der Waals surface area contributed by atoms with Crippen molar-refractivity contribution in [3.8, 4) is 0 Å². The molecule has 0 spiro atoms. The Labute approximate surface area is 164 Å². The molecule has 0 bridgehead atoms. The molecule has 1 aromatic carbocycles. The van der Waals surface area contributed by atoms with Crippen LogP contribution in [-0.4, -0.2) is 22.3 Å². The zero-order chi connectivity index (χ0) is 19.0. The fraction of sp³-hybridized carbons (Fsp3) is 0.474. The zero-order valence-corrected chi connectivity index (χ0v) is 16.7. The highest BCUT2D eigenvalue weighted by atomic mass is 32.8. The smallest absolute Gasteiger partial charge is 0.305 e. The van der Waals surface area contributed by atoms with E-state index < -0.39 is 0 Å². The molecule has 1 aliphatic carbocycles. The van der Waals surface area contributed by atoms with Crippen LogP contribution in [0.4, 0.5) is 15.9 Å². The molecule has 1 fully saturated rings. The second-order valence-electron chi connectivity index (χ2n) is 7.10. The molecule has 27 heavy (non-hydrogen) atoms. The summed E-state index contributed by atoms with van der Waals surface area (Å²) in [5.74, 6) is 1.92. The minimum absolute atomic E-state index is 0.0245. The van der Waals surface area contributed by atoms with Crippen molar-refractivity contribution in [2.45, 2.75) is 56.1 Å². The van der Waals surface area contributed by atoms with Crippen molar-refractivity contribution in [2.24, 2.45) is 0 Å². The molecule has 2 N–H and O–H groups in total. The van der Waals surface area contributed by atoms with Gasteiger partial charge in [0.05, 0.1) is 5.69 Å². The first-order chi connectivity index (χ1) is 13.0. The third kappa shape index (κ3) is 3.91. The van der Waals surface area contributed by atoms with Crippen molar-refractivity contribution in [3.05, 3.63) is 40.8 Å². The van der Waals surface area contributed by atoms with Gasteiger partial charge in [0.1, 0.15) is 6.10 Å². The number of esters is 1. The number of hydrogen-bond acceptors (Lipinski definition) is 5. The highest BCUT2D eigenvalue weighted by Crippen LogP contribution is 2.37. The number of fused-ring (bicyclic) bond motifs is 1. The van der Waals surface area contributed by atoms with Crippen molar-refractivity contribution in [3.63, 3.8) is 0 Å². The van der Waals surface area contributed by atoms with Crippen molar-refractivity contribution in [1.82, 2.24) is 10.2 Å². The SMILES string of the molecule is CCC(=O)OC1CCC(c2cc(Nc3ccc4c(c3F)CS(=S)C4)n[nH]2)C1. The lowest BCUT2D eigenvalue weighted by atomic mass is 10.0. The molecular weight excluding hydrogens is 385 g/mol. The number of aromatic nitrogens is 2. The van der Waals surface area contributed by atoms with Gasteiger partial charge in [0, 0.05) is 41.2 Å². The van der Waals surface area contributed by atoms with Gasteiger partial charge in [-0.15, -0.1) is 9.45 Å². The van der Waals surface area contributed by atoms with Gasteiger partial charge < -0.3 is 10.1 Å². The Bertz CT molecular complexity index is 899. The standard InChI is InChI=1S/C19H22FN3O2S2/c1-2-18(24)25-13-5-3-11(7-13)16-8-17(23-22-16)21-15-6-4-12-9-27(26)10-14(12)19(15)20/h4,6,8,11,13H,2-3,5,7,9-10H2,1H3,(H2,21,22,23). The van der Waals surface area contributed by atoms with E-state index in [2.05, 4.69) is 15.5 Å². The molecule has 1 aliphatic heterocycles. The van der Waals surface area contributed by atoms with Gasteiger partial charge in [-0.2, -0.15) is 5.10 Å². The summed E-state index contributed by atoms with van der Waals surface area (Å²) in [6, 6.07) is 5.63.